The standard InChI is InChI=1S/C18H23NO2.Li/c1-13-7-8-16-17(20)19(2)10-9-18(16,12-13)14-5-4-6-15(11-14)21-3;/h4-8,11,13,20H,9-10,12H2,1-3H3;/q;+1/p-1/t13-,18+;/m0./s1. The van der Waals surface area contributed by atoms with Crippen LogP contribution in [0.3, 0.4) is 0 Å². The minimum absolute atomic E-state index is 0. The first-order valence-corrected chi connectivity index (χ1v) is 7.52. The average Bonchev–Trinajstić information content (AvgIpc) is 2.51. The number of hydrogen-bond donors (Lipinski definition) is 0. The van der Waals surface area contributed by atoms with Crippen molar-refractivity contribution in [1.82, 2.24) is 4.90 Å². The van der Waals surface area contributed by atoms with E-state index in [2.05, 4.69) is 25.1 Å². The van der Waals surface area contributed by atoms with Gasteiger partial charge in [0.15, 0.2) is 0 Å². The van der Waals surface area contributed by atoms with Crippen molar-refractivity contribution in [1.29, 1.82) is 0 Å². The Morgan fingerprint density at radius 3 is 2.86 bits per heavy atom. The molecule has 0 spiro atoms. The van der Waals surface area contributed by atoms with E-state index in [0.29, 0.717) is 5.92 Å². The topological polar surface area (TPSA) is 35.5 Å². The minimum Gasteiger partial charge on any atom is -0.860 e. The summed E-state index contributed by atoms with van der Waals surface area (Å²) < 4.78 is 5.37. The molecule has 2 atom stereocenters. The van der Waals surface area contributed by atoms with E-state index >= 15 is 0 Å². The quantitative estimate of drug-likeness (QED) is 0.685. The van der Waals surface area contributed by atoms with Crippen LogP contribution in [-0.2, 0) is 5.41 Å². The van der Waals surface area contributed by atoms with Crippen LogP contribution in [-0.4, -0.2) is 25.6 Å². The smallest absolute Gasteiger partial charge is 0.860 e. The van der Waals surface area contributed by atoms with Crippen molar-refractivity contribution in [2.75, 3.05) is 20.7 Å². The van der Waals surface area contributed by atoms with Crippen molar-refractivity contribution in [2.45, 2.75) is 25.2 Å². The molecule has 0 aromatic heterocycles. The van der Waals surface area contributed by atoms with Crippen LogP contribution in [0.2, 0.25) is 0 Å². The number of benzene rings is 1. The van der Waals surface area contributed by atoms with E-state index in [1.807, 2.05) is 30.2 Å². The molecule has 3 rings (SSSR count). The molecule has 1 aromatic carbocycles. The van der Waals surface area contributed by atoms with E-state index in [1.165, 1.54) is 5.56 Å². The summed E-state index contributed by atoms with van der Waals surface area (Å²) in [6.45, 7) is 3.03. The van der Waals surface area contributed by atoms with Crippen molar-refractivity contribution >= 4 is 0 Å². The van der Waals surface area contributed by atoms with E-state index in [0.717, 1.165) is 30.7 Å². The number of hydrogen-bond acceptors (Lipinski definition) is 3. The van der Waals surface area contributed by atoms with Gasteiger partial charge in [-0.05, 0) is 47.9 Å². The molecule has 0 bridgehead atoms. The molecule has 0 saturated heterocycles. The second-order valence-corrected chi connectivity index (χ2v) is 6.24. The third kappa shape index (κ3) is 2.69. The second kappa shape index (κ2) is 6.44. The molecule has 0 unspecified atom stereocenters. The number of nitrogens with zero attached hydrogens (tertiary/aromatic N) is 1. The van der Waals surface area contributed by atoms with Crippen molar-refractivity contribution in [3.05, 3.63) is 53.4 Å². The van der Waals surface area contributed by atoms with Gasteiger partial charge >= 0.3 is 18.9 Å². The summed E-state index contributed by atoms with van der Waals surface area (Å²) in [5.41, 5.74) is 1.98. The SMILES string of the molecule is COc1cccc([C@]23CCN(C)C([O-])=C2C=C[C@H](C)C3)c1.[Li+]. The summed E-state index contributed by atoms with van der Waals surface area (Å²) in [7, 11) is 3.57. The molecule has 22 heavy (non-hydrogen) atoms. The minimum atomic E-state index is -0.160. The van der Waals surface area contributed by atoms with Gasteiger partial charge in [0.25, 0.3) is 0 Å². The molecule has 2 aliphatic rings. The molecule has 0 radical (unpaired) electrons. The van der Waals surface area contributed by atoms with Gasteiger partial charge in [0.05, 0.1) is 7.11 Å². The van der Waals surface area contributed by atoms with Gasteiger partial charge in [0, 0.05) is 19.0 Å². The summed E-state index contributed by atoms with van der Waals surface area (Å²) in [6, 6.07) is 8.20. The first-order valence-electron chi connectivity index (χ1n) is 7.52. The van der Waals surface area contributed by atoms with Gasteiger partial charge < -0.3 is 14.7 Å². The van der Waals surface area contributed by atoms with Crippen LogP contribution < -0.4 is 28.7 Å². The van der Waals surface area contributed by atoms with Crippen molar-refractivity contribution in [3.63, 3.8) is 0 Å². The normalized spacial score (nSPS) is 27.2. The van der Waals surface area contributed by atoms with Crippen LogP contribution in [0.1, 0.15) is 25.3 Å². The fourth-order valence-electron chi connectivity index (χ4n) is 3.66. The van der Waals surface area contributed by atoms with Crippen LogP contribution in [0.25, 0.3) is 0 Å². The Kier molecular flexibility index (Phi) is 4.99. The van der Waals surface area contributed by atoms with E-state index in [9.17, 15) is 5.11 Å². The molecule has 112 valence electrons. The maximum absolute atomic E-state index is 12.6. The molecule has 0 saturated carbocycles. The Balaban J connectivity index is 0.00000176. The van der Waals surface area contributed by atoms with Crippen LogP contribution >= 0.6 is 0 Å². The van der Waals surface area contributed by atoms with Gasteiger partial charge in [-0.1, -0.05) is 31.2 Å². The summed E-state index contributed by atoms with van der Waals surface area (Å²) in [5.74, 6) is 1.50. The van der Waals surface area contributed by atoms with Gasteiger partial charge in [0.2, 0.25) is 0 Å². The molecule has 1 aliphatic heterocycles. The summed E-state index contributed by atoms with van der Waals surface area (Å²) in [6.07, 6.45) is 6.18. The van der Waals surface area contributed by atoms with Gasteiger partial charge in [-0.2, -0.15) is 0 Å². The largest absolute Gasteiger partial charge is 1.00 e. The van der Waals surface area contributed by atoms with Gasteiger partial charge in [0.1, 0.15) is 5.75 Å². The van der Waals surface area contributed by atoms with Crippen LogP contribution in [0, 0.1) is 5.92 Å². The van der Waals surface area contributed by atoms with Gasteiger partial charge in [-0.25, -0.2) is 0 Å². The third-order valence-corrected chi connectivity index (χ3v) is 4.85. The molecule has 0 amide bonds. The zero-order valence-electron chi connectivity index (χ0n) is 13.9. The molecule has 1 aromatic rings. The summed E-state index contributed by atoms with van der Waals surface area (Å²) in [5, 5.41) is 12.6. The maximum Gasteiger partial charge on any atom is 1.00 e. The van der Waals surface area contributed by atoms with Crippen molar-refractivity contribution in [3.8, 4) is 5.75 Å². The Labute approximate surface area is 144 Å². The third-order valence-electron chi connectivity index (χ3n) is 4.85. The fraction of sp³-hybridized carbons (Fsp3) is 0.444. The van der Waals surface area contributed by atoms with E-state index < -0.39 is 0 Å². The Morgan fingerprint density at radius 2 is 2.14 bits per heavy atom. The predicted octanol–water partition coefficient (Wildman–Crippen LogP) is -0.560. The predicted molar refractivity (Wildman–Crippen MR) is 81.9 cm³/mol. The number of methoxy groups -OCH3 is 1. The molecule has 3 nitrogen and oxygen atoms in total. The first-order chi connectivity index (χ1) is 10.1. The molecular formula is C18H22LiNO2. The monoisotopic (exact) mass is 291 g/mol. The Hall–Kier alpha value is -1.30. The number of ether oxygens (including phenoxy) is 1. The van der Waals surface area contributed by atoms with Crippen LogP contribution in [0.15, 0.2) is 47.9 Å². The van der Waals surface area contributed by atoms with E-state index in [4.69, 9.17) is 4.74 Å². The summed E-state index contributed by atoms with van der Waals surface area (Å²) >= 11 is 0. The van der Waals surface area contributed by atoms with Gasteiger partial charge in [-0.3, -0.25) is 0 Å². The molecule has 0 fully saturated rings. The van der Waals surface area contributed by atoms with E-state index in [1.54, 1.807) is 7.11 Å². The van der Waals surface area contributed by atoms with Crippen molar-refractivity contribution < 1.29 is 28.7 Å². The second-order valence-electron chi connectivity index (χ2n) is 6.24. The fourth-order valence-corrected chi connectivity index (χ4v) is 3.66. The number of fused-ring (bicyclic) bond motifs is 1. The average molecular weight is 291 g/mol. The number of allylic oxidation sites excluding steroid dienone is 3. The van der Waals surface area contributed by atoms with Crippen LogP contribution in [0.5, 0.6) is 5.75 Å². The van der Waals surface area contributed by atoms with Crippen LogP contribution in [0.4, 0.5) is 0 Å². The van der Waals surface area contributed by atoms with Gasteiger partial charge in [-0.15, -0.1) is 0 Å². The first kappa shape index (κ1) is 17.1. The van der Waals surface area contributed by atoms with E-state index in [-0.39, 0.29) is 30.2 Å². The Bertz CT molecular complexity index is 611. The number of rotatable bonds is 2. The maximum atomic E-state index is 12.6. The molecule has 1 heterocycles. The summed E-state index contributed by atoms with van der Waals surface area (Å²) in [4.78, 5) is 1.83. The zero-order chi connectivity index (χ0) is 15.0. The Morgan fingerprint density at radius 1 is 1.36 bits per heavy atom. The molecule has 1 aliphatic carbocycles. The molecule has 4 heteroatoms. The zero-order valence-corrected chi connectivity index (χ0v) is 13.9. The molecular weight excluding hydrogens is 269 g/mol. The van der Waals surface area contributed by atoms with Crippen molar-refractivity contribution in [2.24, 2.45) is 5.92 Å². The molecule has 0 N–H and O–H groups in total.